The molecule has 2 saturated carbocycles. The quantitative estimate of drug-likeness (QED) is 0.652. The monoisotopic (exact) mass is 345 g/mol. The summed E-state index contributed by atoms with van der Waals surface area (Å²) < 4.78 is 11.1. The fraction of sp³-hybridized carbons (Fsp3) is 0.600. The van der Waals surface area contributed by atoms with Crippen molar-refractivity contribution in [1.82, 2.24) is 0 Å². The summed E-state index contributed by atoms with van der Waals surface area (Å²) in [5.74, 6) is -0.822. The third-order valence-electron chi connectivity index (χ3n) is 5.08. The van der Waals surface area contributed by atoms with E-state index in [2.05, 4.69) is 0 Å². The lowest BCUT2D eigenvalue weighted by Crippen LogP contribution is -2.22. The van der Waals surface area contributed by atoms with E-state index in [-0.39, 0.29) is 12.2 Å². The van der Waals surface area contributed by atoms with Gasteiger partial charge in [-0.3, -0.25) is 0 Å². The Morgan fingerprint density at radius 1 is 0.720 bits per heavy atom. The van der Waals surface area contributed by atoms with Crippen LogP contribution in [0.25, 0.3) is 0 Å². The number of rotatable bonds is 4. The zero-order chi connectivity index (χ0) is 17.6. The minimum atomic E-state index is -0.411. The summed E-state index contributed by atoms with van der Waals surface area (Å²) in [4.78, 5) is 24.8. The molecule has 0 spiro atoms. The number of anilines is 1. The van der Waals surface area contributed by atoms with Crippen molar-refractivity contribution < 1.29 is 19.1 Å². The van der Waals surface area contributed by atoms with E-state index in [0.717, 1.165) is 51.4 Å². The van der Waals surface area contributed by atoms with E-state index in [1.54, 1.807) is 12.1 Å². The molecule has 0 saturated heterocycles. The van der Waals surface area contributed by atoms with Crippen molar-refractivity contribution in [3.63, 3.8) is 0 Å². The fourth-order valence-corrected chi connectivity index (χ4v) is 3.69. The second-order valence-electron chi connectivity index (χ2n) is 7.17. The van der Waals surface area contributed by atoms with Gasteiger partial charge in [-0.2, -0.15) is 0 Å². The highest BCUT2D eigenvalue weighted by Crippen LogP contribution is 2.24. The maximum absolute atomic E-state index is 12.4. The molecule has 2 fully saturated rings. The molecule has 0 bridgehead atoms. The van der Waals surface area contributed by atoms with E-state index < -0.39 is 11.9 Å². The van der Waals surface area contributed by atoms with Gasteiger partial charge in [0.15, 0.2) is 0 Å². The van der Waals surface area contributed by atoms with Crippen molar-refractivity contribution >= 4 is 17.6 Å². The van der Waals surface area contributed by atoms with Crippen LogP contribution in [0.3, 0.4) is 0 Å². The zero-order valence-corrected chi connectivity index (χ0v) is 14.7. The van der Waals surface area contributed by atoms with Gasteiger partial charge in [-0.05, 0) is 69.6 Å². The highest BCUT2D eigenvalue weighted by atomic mass is 16.5. The fourth-order valence-electron chi connectivity index (χ4n) is 3.69. The molecule has 0 radical (unpaired) electrons. The Kier molecular flexibility index (Phi) is 5.95. The molecule has 2 N–H and O–H groups in total. The van der Waals surface area contributed by atoms with Gasteiger partial charge in [0.25, 0.3) is 0 Å². The molecule has 2 aliphatic carbocycles. The third-order valence-corrected chi connectivity index (χ3v) is 5.08. The van der Waals surface area contributed by atoms with Crippen LogP contribution in [0.15, 0.2) is 18.2 Å². The van der Waals surface area contributed by atoms with Crippen molar-refractivity contribution in [2.45, 2.75) is 76.4 Å². The van der Waals surface area contributed by atoms with Crippen molar-refractivity contribution in [3.05, 3.63) is 29.3 Å². The first kappa shape index (κ1) is 17.8. The summed E-state index contributed by atoms with van der Waals surface area (Å²) in [5, 5.41) is 0. The van der Waals surface area contributed by atoms with E-state index in [1.165, 1.54) is 18.9 Å². The molecule has 25 heavy (non-hydrogen) atoms. The molecule has 0 heterocycles. The predicted molar refractivity (Wildman–Crippen MR) is 95.4 cm³/mol. The van der Waals surface area contributed by atoms with E-state index >= 15 is 0 Å². The second kappa shape index (κ2) is 8.37. The molecular formula is C20H27NO4. The number of hydrogen-bond acceptors (Lipinski definition) is 5. The minimum absolute atomic E-state index is 0.0275. The van der Waals surface area contributed by atoms with Gasteiger partial charge in [0.2, 0.25) is 0 Å². The number of nitrogens with two attached hydrogens (primary N) is 1. The summed E-state index contributed by atoms with van der Waals surface area (Å²) in [7, 11) is 0. The van der Waals surface area contributed by atoms with Gasteiger partial charge in [0, 0.05) is 5.69 Å². The molecule has 0 unspecified atom stereocenters. The topological polar surface area (TPSA) is 78.6 Å². The SMILES string of the molecule is Nc1cc(C(=O)OC2CCCCC2)cc(C(=O)OC2CCCCC2)c1. The van der Waals surface area contributed by atoms with Gasteiger partial charge in [0.1, 0.15) is 12.2 Å². The van der Waals surface area contributed by atoms with Crippen LogP contribution >= 0.6 is 0 Å². The van der Waals surface area contributed by atoms with Crippen molar-refractivity contribution in [3.8, 4) is 0 Å². The molecule has 0 amide bonds. The van der Waals surface area contributed by atoms with Crippen molar-refractivity contribution in [1.29, 1.82) is 0 Å². The molecule has 1 aromatic carbocycles. The van der Waals surface area contributed by atoms with Gasteiger partial charge < -0.3 is 15.2 Å². The average Bonchev–Trinajstić information content (AvgIpc) is 2.63. The normalized spacial score (nSPS) is 19.4. The van der Waals surface area contributed by atoms with Crippen molar-refractivity contribution in [2.24, 2.45) is 0 Å². The number of carbonyl (C=O) groups excluding carboxylic acids is 2. The number of carbonyl (C=O) groups is 2. The maximum atomic E-state index is 12.4. The molecule has 1 aromatic rings. The van der Waals surface area contributed by atoms with E-state index in [4.69, 9.17) is 15.2 Å². The highest BCUT2D eigenvalue weighted by Gasteiger charge is 2.22. The Morgan fingerprint density at radius 3 is 1.52 bits per heavy atom. The number of esters is 2. The Balaban J connectivity index is 1.66. The molecule has 0 atom stereocenters. The molecular weight excluding hydrogens is 318 g/mol. The molecule has 136 valence electrons. The van der Waals surface area contributed by atoms with Crippen LogP contribution in [0.4, 0.5) is 5.69 Å². The maximum Gasteiger partial charge on any atom is 0.338 e. The number of nitrogen functional groups attached to an aromatic ring is 1. The van der Waals surface area contributed by atoms with Gasteiger partial charge in [-0.15, -0.1) is 0 Å². The smallest absolute Gasteiger partial charge is 0.338 e. The molecule has 0 aromatic heterocycles. The van der Waals surface area contributed by atoms with Crippen LogP contribution in [-0.2, 0) is 9.47 Å². The molecule has 5 nitrogen and oxygen atoms in total. The third kappa shape index (κ3) is 4.97. The van der Waals surface area contributed by atoms with E-state index in [1.807, 2.05) is 0 Å². The Hall–Kier alpha value is -2.04. The molecule has 2 aliphatic rings. The second-order valence-corrected chi connectivity index (χ2v) is 7.17. The standard InChI is InChI=1S/C20H27NO4/c21-16-12-14(19(22)24-17-7-3-1-4-8-17)11-15(13-16)20(23)25-18-9-5-2-6-10-18/h11-13,17-18H,1-10,21H2. The van der Waals surface area contributed by atoms with Crippen LogP contribution in [0, 0.1) is 0 Å². The summed E-state index contributed by atoms with van der Waals surface area (Å²) in [6.07, 6.45) is 10.3. The summed E-state index contributed by atoms with van der Waals surface area (Å²) in [5.41, 5.74) is 6.90. The van der Waals surface area contributed by atoms with Gasteiger partial charge >= 0.3 is 11.9 Å². The first-order valence-electron chi connectivity index (χ1n) is 9.44. The summed E-state index contributed by atoms with van der Waals surface area (Å²) in [6, 6.07) is 4.65. The number of benzene rings is 1. The van der Waals surface area contributed by atoms with Gasteiger partial charge in [0.05, 0.1) is 11.1 Å². The van der Waals surface area contributed by atoms with E-state index in [9.17, 15) is 9.59 Å². The van der Waals surface area contributed by atoms with Crippen molar-refractivity contribution in [2.75, 3.05) is 5.73 Å². The van der Waals surface area contributed by atoms with Crippen LogP contribution < -0.4 is 5.73 Å². The minimum Gasteiger partial charge on any atom is -0.459 e. The Bertz CT molecular complexity index is 566. The molecule has 3 rings (SSSR count). The first-order valence-corrected chi connectivity index (χ1v) is 9.44. The lowest BCUT2D eigenvalue weighted by Gasteiger charge is -2.22. The first-order chi connectivity index (χ1) is 12.1. The molecule has 0 aliphatic heterocycles. The number of hydrogen-bond donors (Lipinski definition) is 1. The largest absolute Gasteiger partial charge is 0.459 e. The summed E-state index contributed by atoms with van der Waals surface area (Å²) in [6.45, 7) is 0. The Labute approximate surface area is 148 Å². The Morgan fingerprint density at radius 2 is 1.12 bits per heavy atom. The van der Waals surface area contributed by atoms with Crippen LogP contribution in [-0.4, -0.2) is 24.1 Å². The zero-order valence-electron chi connectivity index (χ0n) is 14.7. The van der Waals surface area contributed by atoms with Crippen LogP contribution in [0.2, 0.25) is 0 Å². The van der Waals surface area contributed by atoms with Gasteiger partial charge in [-0.25, -0.2) is 9.59 Å². The lowest BCUT2D eigenvalue weighted by molar-refractivity contribution is 0.0210. The predicted octanol–water partition coefficient (Wildman–Crippen LogP) is 4.25. The van der Waals surface area contributed by atoms with Crippen LogP contribution in [0.1, 0.15) is 84.9 Å². The van der Waals surface area contributed by atoms with E-state index in [0.29, 0.717) is 16.8 Å². The highest BCUT2D eigenvalue weighted by molar-refractivity contribution is 5.97. The summed E-state index contributed by atoms with van der Waals surface area (Å²) >= 11 is 0. The lowest BCUT2D eigenvalue weighted by atomic mass is 9.97. The number of ether oxygens (including phenoxy) is 2. The van der Waals surface area contributed by atoms with Crippen LogP contribution in [0.5, 0.6) is 0 Å². The average molecular weight is 345 g/mol. The molecule has 5 heteroatoms. The van der Waals surface area contributed by atoms with Gasteiger partial charge in [-0.1, -0.05) is 12.8 Å².